The summed E-state index contributed by atoms with van der Waals surface area (Å²) in [6.07, 6.45) is 9.79. The number of fused-ring (bicyclic) bond motifs is 2. The predicted molar refractivity (Wildman–Crippen MR) is 75.0 cm³/mol. The zero-order valence-electron chi connectivity index (χ0n) is 11.1. The molecule has 0 radical (unpaired) electrons. The second kappa shape index (κ2) is 4.38. The zero-order valence-corrected chi connectivity index (χ0v) is 11.1. The van der Waals surface area contributed by atoms with Crippen molar-refractivity contribution >= 4 is 0 Å². The maximum atomic E-state index is 3.74. The molecule has 96 valence electrons. The average molecular weight is 241 g/mol. The summed E-state index contributed by atoms with van der Waals surface area (Å²) in [5.74, 6) is 1.70. The highest BCUT2D eigenvalue weighted by Crippen LogP contribution is 2.39. The molecule has 1 saturated carbocycles. The quantitative estimate of drug-likeness (QED) is 0.826. The molecular weight excluding hydrogens is 218 g/mol. The summed E-state index contributed by atoms with van der Waals surface area (Å²) < 4.78 is 0. The summed E-state index contributed by atoms with van der Waals surface area (Å²) in [4.78, 5) is 0. The van der Waals surface area contributed by atoms with Crippen LogP contribution in [0.5, 0.6) is 0 Å². The molecule has 1 N–H and O–H groups in total. The van der Waals surface area contributed by atoms with Crippen LogP contribution in [0.2, 0.25) is 0 Å². The number of nitrogens with one attached hydrogen (secondary N) is 1. The average Bonchev–Trinajstić information content (AvgIpc) is 2.67. The van der Waals surface area contributed by atoms with Crippen LogP contribution < -0.4 is 5.32 Å². The highest BCUT2D eigenvalue weighted by Gasteiger charge is 2.34. The second-order valence-electron chi connectivity index (χ2n) is 6.60. The van der Waals surface area contributed by atoms with E-state index in [4.69, 9.17) is 0 Å². The first-order valence-electron chi connectivity index (χ1n) is 7.74. The van der Waals surface area contributed by atoms with Gasteiger partial charge in [-0.05, 0) is 61.5 Å². The molecule has 2 aliphatic heterocycles. The number of piperidine rings is 1. The van der Waals surface area contributed by atoms with Gasteiger partial charge in [0.05, 0.1) is 0 Å². The van der Waals surface area contributed by atoms with Crippen molar-refractivity contribution in [2.75, 3.05) is 0 Å². The Hall–Kier alpha value is -0.820. The van der Waals surface area contributed by atoms with Crippen molar-refractivity contribution in [3.05, 3.63) is 35.4 Å². The van der Waals surface area contributed by atoms with E-state index in [1.807, 2.05) is 0 Å². The number of rotatable bonds is 2. The minimum absolute atomic E-state index is 0.806. The van der Waals surface area contributed by atoms with Crippen LogP contribution in [0.15, 0.2) is 24.3 Å². The molecule has 4 rings (SSSR count). The fraction of sp³-hybridized carbons (Fsp3) is 0.647. The van der Waals surface area contributed by atoms with Gasteiger partial charge in [0.15, 0.2) is 0 Å². The minimum Gasteiger partial charge on any atom is -0.311 e. The molecule has 2 unspecified atom stereocenters. The van der Waals surface area contributed by atoms with Gasteiger partial charge in [0.1, 0.15) is 0 Å². The van der Waals surface area contributed by atoms with Crippen LogP contribution in [0.1, 0.15) is 67.9 Å². The van der Waals surface area contributed by atoms with Crippen molar-refractivity contribution in [3.8, 4) is 0 Å². The topological polar surface area (TPSA) is 12.0 Å². The molecule has 1 aliphatic carbocycles. The normalized spacial score (nSPS) is 35.4. The van der Waals surface area contributed by atoms with Crippen molar-refractivity contribution in [1.29, 1.82) is 0 Å². The summed E-state index contributed by atoms with van der Waals surface area (Å²) in [6, 6.07) is 11.3. The maximum absolute atomic E-state index is 3.74. The molecule has 3 fully saturated rings. The molecule has 0 amide bonds. The molecule has 2 atom stereocenters. The van der Waals surface area contributed by atoms with E-state index in [9.17, 15) is 0 Å². The Kier molecular flexibility index (Phi) is 2.69. The third kappa shape index (κ3) is 1.89. The largest absolute Gasteiger partial charge is 0.311 e. The van der Waals surface area contributed by atoms with Gasteiger partial charge in [0, 0.05) is 12.1 Å². The molecule has 0 aromatic heterocycles. The van der Waals surface area contributed by atoms with Crippen molar-refractivity contribution in [1.82, 2.24) is 5.32 Å². The van der Waals surface area contributed by atoms with E-state index >= 15 is 0 Å². The monoisotopic (exact) mass is 241 g/mol. The van der Waals surface area contributed by atoms with E-state index in [1.54, 1.807) is 11.1 Å². The number of hydrogen-bond donors (Lipinski definition) is 1. The van der Waals surface area contributed by atoms with E-state index in [2.05, 4.69) is 29.6 Å². The third-order valence-corrected chi connectivity index (χ3v) is 5.46. The minimum atomic E-state index is 0.806. The molecule has 18 heavy (non-hydrogen) atoms. The van der Waals surface area contributed by atoms with E-state index in [-0.39, 0.29) is 0 Å². The molecule has 3 aliphatic rings. The molecule has 0 spiro atoms. The van der Waals surface area contributed by atoms with Gasteiger partial charge >= 0.3 is 0 Å². The van der Waals surface area contributed by atoms with Gasteiger partial charge < -0.3 is 5.32 Å². The van der Waals surface area contributed by atoms with Gasteiger partial charge in [-0.3, -0.25) is 0 Å². The molecule has 1 aromatic rings. The molecule has 2 saturated heterocycles. The summed E-state index contributed by atoms with van der Waals surface area (Å²) in [5, 5.41) is 3.74. The van der Waals surface area contributed by atoms with Gasteiger partial charge in [-0.1, -0.05) is 30.7 Å². The Morgan fingerprint density at radius 3 is 1.78 bits per heavy atom. The fourth-order valence-corrected chi connectivity index (χ4v) is 4.11. The van der Waals surface area contributed by atoms with E-state index in [0.717, 1.165) is 23.9 Å². The third-order valence-electron chi connectivity index (χ3n) is 5.46. The van der Waals surface area contributed by atoms with Gasteiger partial charge in [-0.25, -0.2) is 0 Å². The first-order valence-corrected chi connectivity index (χ1v) is 7.74. The molecule has 2 heterocycles. The number of hydrogen-bond acceptors (Lipinski definition) is 1. The second-order valence-corrected chi connectivity index (χ2v) is 6.60. The van der Waals surface area contributed by atoms with Crippen molar-refractivity contribution in [2.24, 2.45) is 0 Å². The van der Waals surface area contributed by atoms with Gasteiger partial charge in [-0.2, -0.15) is 0 Å². The lowest BCUT2D eigenvalue weighted by atomic mass is 9.79. The Balaban J connectivity index is 1.50. The van der Waals surface area contributed by atoms with E-state index in [1.165, 1.54) is 44.9 Å². The van der Waals surface area contributed by atoms with Gasteiger partial charge in [0.25, 0.3) is 0 Å². The standard InChI is InChI=1S/C17H23N/c1-2-12(3-1)13-4-6-14(7-5-13)15-10-16-8-9-17(11-15)18-16/h4-7,12,15-18H,1-3,8-11H2. The lowest BCUT2D eigenvalue weighted by Gasteiger charge is -2.30. The fourth-order valence-electron chi connectivity index (χ4n) is 4.11. The van der Waals surface area contributed by atoms with Gasteiger partial charge in [0.2, 0.25) is 0 Å². The molecule has 1 nitrogen and oxygen atoms in total. The first-order chi connectivity index (χ1) is 8.88. The summed E-state index contributed by atoms with van der Waals surface area (Å²) in [6.45, 7) is 0. The Bertz CT molecular complexity index is 406. The Morgan fingerprint density at radius 2 is 1.28 bits per heavy atom. The van der Waals surface area contributed by atoms with Crippen LogP contribution in [-0.4, -0.2) is 12.1 Å². The lowest BCUT2D eigenvalue weighted by Crippen LogP contribution is -2.37. The SMILES string of the molecule is c1cc(C2CC3CCC(C2)N3)ccc1C1CCC1. The van der Waals surface area contributed by atoms with E-state index < -0.39 is 0 Å². The maximum Gasteiger partial charge on any atom is 0.00760 e. The Labute approximate surface area is 110 Å². The summed E-state index contributed by atoms with van der Waals surface area (Å²) in [7, 11) is 0. The van der Waals surface area contributed by atoms with Crippen molar-refractivity contribution < 1.29 is 0 Å². The molecule has 1 heteroatoms. The smallest absolute Gasteiger partial charge is 0.00760 e. The molecule has 1 aromatic carbocycles. The Morgan fingerprint density at radius 1 is 0.722 bits per heavy atom. The van der Waals surface area contributed by atoms with Crippen LogP contribution in [0.3, 0.4) is 0 Å². The van der Waals surface area contributed by atoms with Gasteiger partial charge in [-0.15, -0.1) is 0 Å². The summed E-state index contributed by atoms with van der Waals surface area (Å²) in [5.41, 5.74) is 3.18. The summed E-state index contributed by atoms with van der Waals surface area (Å²) >= 11 is 0. The highest BCUT2D eigenvalue weighted by atomic mass is 15.0. The number of benzene rings is 1. The van der Waals surface area contributed by atoms with Crippen LogP contribution in [0.25, 0.3) is 0 Å². The van der Waals surface area contributed by atoms with E-state index in [0.29, 0.717) is 0 Å². The highest BCUT2D eigenvalue weighted by molar-refractivity contribution is 5.29. The van der Waals surface area contributed by atoms with Crippen LogP contribution in [0.4, 0.5) is 0 Å². The van der Waals surface area contributed by atoms with Crippen LogP contribution >= 0.6 is 0 Å². The van der Waals surface area contributed by atoms with Crippen LogP contribution in [0, 0.1) is 0 Å². The van der Waals surface area contributed by atoms with Crippen LogP contribution in [-0.2, 0) is 0 Å². The molecular formula is C17H23N. The van der Waals surface area contributed by atoms with Crippen molar-refractivity contribution in [3.63, 3.8) is 0 Å². The predicted octanol–water partition coefficient (Wildman–Crippen LogP) is 3.95. The zero-order chi connectivity index (χ0) is 11.9. The van der Waals surface area contributed by atoms with Crippen molar-refractivity contribution in [2.45, 2.75) is 68.9 Å². The first kappa shape index (κ1) is 11.0. The lowest BCUT2D eigenvalue weighted by molar-refractivity contribution is 0.363. The molecule has 2 bridgehead atoms.